The lowest BCUT2D eigenvalue weighted by Gasteiger charge is -2.13. The smallest absolute Gasteiger partial charge is 0.262 e. The van der Waals surface area contributed by atoms with Gasteiger partial charge in [-0.15, -0.1) is 0 Å². The largest absolute Gasteiger partial charge is 0.384 e. The van der Waals surface area contributed by atoms with Crippen LogP contribution < -0.4 is 21.3 Å². The van der Waals surface area contributed by atoms with E-state index in [1.165, 1.54) is 36.4 Å². The summed E-state index contributed by atoms with van der Waals surface area (Å²) in [6, 6.07) is 13.3. The Bertz CT molecular complexity index is 1360. The van der Waals surface area contributed by atoms with E-state index in [-0.39, 0.29) is 27.5 Å². The first-order chi connectivity index (χ1) is 14.2. The summed E-state index contributed by atoms with van der Waals surface area (Å²) in [6.45, 7) is 1.86. The number of pyridine rings is 1. The monoisotopic (exact) mass is 424 g/mol. The van der Waals surface area contributed by atoms with Crippen molar-refractivity contribution in [2.45, 2.75) is 11.8 Å². The number of sulfonamides is 1. The van der Waals surface area contributed by atoms with Crippen molar-refractivity contribution in [2.24, 2.45) is 0 Å². The van der Waals surface area contributed by atoms with Gasteiger partial charge in [-0.3, -0.25) is 29.0 Å². The van der Waals surface area contributed by atoms with Crippen molar-refractivity contribution in [1.29, 1.82) is 0 Å². The molecule has 0 saturated heterocycles. The average molecular weight is 424 g/mol. The van der Waals surface area contributed by atoms with E-state index in [0.717, 1.165) is 16.2 Å². The molecule has 3 aromatic rings. The number of nitrogens with two attached hydrogens (primary N) is 1. The Kier molecular flexibility index (Phi) is 4.43. The normalized spacial score (nSPS) is 13.1. The molecule has 152 valence electrons. The number of rotatable bonds is 4. The van der Waals surface area contributed by atoms with Gasteiger partial charge in [0, 0.05) is 11.8 Å². The summed E-state index contributed by atoms with van der Waals surface area (Å²) in [7, 11) is -3.78. The molecule has 2 aromatic carbocycles. The lowest BCUT2D eigenvalue weighted by molar-refractivity contribution is 0.0880. The molecule has 0 radical (unpaired) electrons. The molecule has 30 heavy (non-hydrogen) atoms. The number of aromatic nitrogens is 1. The Morgan fingerprint density at radius 2 is 1.57 bits per heavy atom. The topological polar surface area (TPSA) is 140 Å². The van der Waals surface area contributed by atoms with Crippen LogP contribution in [-0.2, 0) is 10.0 Å². The molecular weight excluding hydrogens is 408 g/mol. The van der Waals surface area contributed by atoms with Crippen molar-refractivity contribution in [2.75, 3.05) is 10.5 Å². The molecule has 4 rings (SSSR count). The molecule has 0 aliphatic carbocycles. The van der Waals surface area contributed by atoms with Crippen LogP contribution in [0.1, 0.15) is 26.3 Å². The van der Waals surface area contributed by atoms with Gasteiger partial charge in [0.2, 0.25) is 0 Å². The fraction of sp³-hybridized carbons (Fsp3) is 0.0500. The van der Waals surface area contributed by atoms with Crippen molar-refractivity contribution in [3.63, 3.8) is 0 Å². The third-order valence-corrected chi connectivity index (χ3v) is 6.06. The first-order valence-electron chi connectivity index (χ1n) is 8.78. The Hall–Kier alpha value is -3.92. The quantitative estimate of drug-likeness (QED) is 0.541. The fourth-order valence-corrected chi connectivity index (χ4v) is 4.21. The lowest BCUT2D eigenvalue weighted by atomic mass is 10.1. The van der Waals surface area contributed by atoms with E-state index in [2.05, 4.69) is 10.0 Å². The summed E-state index contributed by atoms with van der Waals surface area (Å²) in [4.78, 5) is 36.3. The summed E-state index contributed by atoms with van der Waals surface area (Å²) in [5.74, 6) is -1.52. The Balaban J connectivity index is 1.68. The van der Waals surface area contributed by atoms with Gasteiger partial charge in [-0.1, -0.05) is 17.7 Å². The van der Waals surface area contributed by atoms with E-state index in [1.807, 2.05) is 6.92 Å². The van der Waals surface area contributed by atoms with Gasteiger partial charge in [-0.25, -0.2) is 8.42 Å². The second kappa shape index (κ2) is 6.85. The van der Waals surface area contributed by atoms with Gasteiger partial charge < -0.3 is 5.73 Å². The zero-order chi connectivity index (χ0) is 21.6. The average Bonchev–Trinajstić information content (AvgIpc) is 2.97. The second-order valence-electron chi connectivity index (χ2n) is 6.74. The number of hydrogen-bond acceptors (Lipinski definition) is 6. The molecule has 0 bridgehead atoms. The van der Waals surface area contributed by atoms with Crippen LogP contribution in [0, 0.1) is 6.92 Å². The highest BCUT2D eigenvalue weighted by atomic mass is 32.2. The Morgan fingerprint density at radius 3 is 2.20 bits per heavy atom. The standard InChI is InChI=1S/C20H16N4O5S/c1-11-2-8-14(9-3-11)30(28,29)23-12-4-6-13(7-5-12)24-16(25)10-15-17(18(24)21)20(27)22-19(15)26/h2-10,23H,21H2,1H3,(H,22,26,27). The number of benzene rings is 2. The first-order valence-corrected chi connectivity index (χ1v) is 10.3. The predicted molar refractivity (Wildman–Crippen MR) is 110 cm³/mol. The van der Waals surface area contributed by atoms with Crippen molar-refractivity contribution < 1.29 is 18.0 Å². The molecule has 1 aliphatic heterocycles. The number of nitrogens with one attached hydrogen (secondary N) is 2. The SMILES string of the molecule is Cc1ccc(S(=O)(=O)Nc2ccc(-n3c(N)c4c(cc3=O)C(=O)NC4=O)cc2)cc1. The molecule has 0 spiro atoms. The minimum absolute atomic E-state index is 0.0660. The second-order valence-corrected chi connectivity index (χ2v) is 8.42. The van der Waals surface area contributed by atoms with Crippen LogP contribution in [0.3, 0.4) is 0 Å². The molecule has 0 saturated carbocycles. The summed E-state index contributed by atoms with van der Waals surface area (Å²) in [5.41, 5.74) is 6.78. The van der Waals surface area contributed by atoms with Crippen molar-refractivity contribution in [3.05, 3.63) is 81.6 Å². The number of nitrogen functional groups attached to an aromatic ring is 1. The van der Waals surface area contributed by atoms with Crippen molar-refractivity contribution in [1.82, 2.24) is 9.88 Å². The fourth-order valence-electron chi connectivity index (χ4n) is 3.16. The van der Waals surface area contributed by atoms with Gasteiger partial charge in [0.05, 0.1) is 21.7 Å². The maximum absolute atomic E-state index is 12.5. The predicted octanol–water partition coefficient (Wildman–Crippen LogP) is 1.41. The summed E-state index contributed by atoms with van der Waals surface area (Å²) < 4.78 is 28.6. The molecule has 4 N–H and O–H groups in total. The van der Waals surface area contributed by atoms with Crippen LogP contribution in [0.4, 0.5) is 11.5 Å². The summed E-state index contributed by atoms with van der Waals surface area (Å²) >= 11 is 0. The van der Waals surface area contributed by atoms with Gasteiger partial charge in [0.15, 0.2) is 0 Å². The summed E-state index contributed by atoms with van der Waals surface area (Å²) in [5, 5.41) is 2.10. The number of carbonyl (C=O) groups is 2. The molecule has 1 aliphatic rings. The molecule has 0 unspecified atom stereocenters. The van der Waals surface area contributed by atoms with Crippen molar-refractivity contribution in [3.8, 4) is 5.69 Å². The number of carbonyl (C=O) groups excluding carboxylic acids is 2. The van der Waals surface area contributed by atoms with Crippen LogP contribution in [0.2, 0.25) is 0 Å². The van der Waals surface area contributed by atoms with Crippen LogP contribution in [0.5, 0.6) is 0 Å². The minimum atomic E-state index is -3.78. The third kappa shape index (κ3) is 3.22. The van der Waals surface area contributed by atoms with E-state index in [9.17, 15) is 22.8 Å². The molecule has 1 aromatic heterocycles. The zero-order valence-corrected chi connectivity index (χ0v) is 16.5. The van der Waals surface area contributed by atoms with E-state index in [4.69, 9.17) is 5.73 Å². The van der Waals surface area contributed by atoms with Gasteiger partial charge in [-0.2, -0.15) is 0 Å². The van der Waals surface area contributed by atoms with E-state index >= 15 is 0 Å². The number of hydrogen-bond donors (Lipinski definition) is 3. The van der Waals surface area contributed by atoms with Gasteiger partial charge in [0.25, 0.3) is 27.4 Å². The Labute approximate surface area is 171 Å². The number of amides is 2. The number of anilines is 2. The van der Waals surface area contributed by atoms with Gasteiger partial charge in [-0.05, 0) is 43.3 Å². The molecule has 2 amide bonds. The zero-order valence-electron chi connectivity index (χ0n) is 15.7. The lowest BCUT2D eigenvalue weighted by Crippen LogP contribution is -2.24. The third-order valence-electron chi connectivity index (χ3n) is 4.66. The number of imide groups is 1. The highest BCUT2D eigenvalue weighted by molar-refractivity contribution is 7.92. The maximum Gasteiger partial charge on any atom is 0.262 e. The minimum Gasteiger partial charge on any atom is -0.384 e. The van der Waals surface area contributed by atoms with Crippen molar-refractivity contribution >= 4 is 33.3 Å². The van der Waals surface area contributed by atoms with Crippen LogP contribution >= 0.6 is 0 Å². The molecular formula is C20H16N4O5S. The Morgan fingerprint density at radius 1 is 0.933 bits per heavy atom. The summed E-state index contributed by atoms with van der Waals surface area (Å²) in [6.07, 6.45) is 0. The highest BCUT2D eigenvalue weighted by Crippen LogP contribution is 2.24. The molecule has 0 fully saturated rings. The number of nitrogens with zero attached hydrogens (tertiary/aromatic N) is 1. The van der Waals surface area contributed by atoms with Crippen LogP contribution in [0.15, 0.2) is 64.3 Å². The van der Waals surface area contributed by atoms with E-state index in [1.54, 1.807) is 12.1 Å². The van der Waals surface area contributed by atoms with E-state index < -0.39 is 27.4 Å². The van der Waals surface area contributed by atoms with Gasteiger partial charge in [0.1, 0.15) is 5.82 Å². The number of aryl methyl sites for hydroxylation is 1. The van der Waals surface area contributed by atoms with Crippen LogP contribution in [0.25, 0.3) is 5.69 Å². The van der Waals surface area contributed by atoms with Crippen LogP contribution in [-0.4, -0.2) is 24.8 Å². The van der Waals surface area contributed by atoms with Gasteiger partial charge >= 0.3 is 0 Å². The highest BCUT2D eigenvalue weighted by Gasteiger charge is 2.31. The van der Waals surface area contributed by atoms with E-state index in [0.29, 0.717) is 5.69 Å². The maximum atomic E-state index is 12.5. The first kappa shape index (κ1) is 19.4. The molecule has 10 heteroatoms. The number of fused-ring (bicyclic) bond motifs is 1. The molecule has 0 atom stereocenters. The molecule has 2 heterocycles. The molecule has 9 nitrogen and oxygen atoms in total.